The Morgan fingerprint density at radius 3 is 2.07 bits per heavy atom. The number of halogens is 2. The number of amides is 3. The van der Waals surface area contributed by atoms with Crippen LogP contribution in [0, 0.1) is 0 Å². The number of hydrogen-bond donors (Lipinski definition) is 1. The van der Waals surface area contributed by atoms with Crippen molar-refractivity contribution in [2.45, 2.75) is 103 Å². The number of nitrogens with one attached hydrogen (secondary N) is 1. The van der Waals surface area contributed by atoms with Gasteiger partial charge in [0, 0.05) is 43.9 Å². The van der Waals surface area contributed by atoms with Crippen molar-refractivity contribution in [2.24, 2.45) is 5.16 Å². The maximum atomic E-state index is 14.0. The lowest BCUT2D eigenvalue weighted by molar-refractivity contribution is -0.198. The van der Waals surface area contributed by atoms with E-state index in [1.165, 1.54) is 5.38 Å². The average Bonchev–Trinajstić information content (AvgIpc) is 3.39. The molecule has 0 aromatic carbocycles. The second kappa shape index (κ2) is 11.7. The van der Waals surface area contributed by atoms with E-state index in [1.807, 2.05) is 0 Å². The van der Waals surface area contributed by atoms with Crippen LogP contribution < -0.4 is 5.32 Å². The number of nitrogens with zero attached hydrogens (tertiary/aromatic N) is 3. The largest absolute Gasteiger partial charge is 0.457 e. The fourth-order valence-electron chi connectivity index (χ4n) is 3.66. The summed E-state index contributed by atoms with van der Waals surface area (Å²) in [4.78, 5) is 77.0. The average molecular weight is 603 g/mol. The first-order valence-corrected chi connectivity index (χ1v) is 13.6. The van der Waals surface area contributed by atoms with E-state index in [0.29, 0.717) is 0 Å². The number of hydroxylamine groups is 2. The fourth-order valence-corrected chi connectivity index (χ4v) is 4.34. The lowest BCUT2D eigenvalue weighted by Gasteiger charge is -2.37. The molecule has 0 unspecified atom stereocenters. The maximum absolute atomic E-state index is 14.0. The van der Waals surface area contributed by atoms with Gasteiger partial charge >= 0.3 is 18.0 Å². The first-order chi connectivity index (χ1) is 18.8. The molecule has 226 valence electrons. The molecule has 16 heteroatoms. The zero-order valence-electron chi connectivity index (χ0n) is 23.5. The third kappa shape index (κ3) is 8.65. The van der Waals surface area contributed by atoms with E-state index in [1.54, 1.807) is 41.5 Å². The molecule has 1 aromatic heterocycles. The standard InChI is InChI=1S/C25H32F2N4O9S/c1-22(2,3)37-19(35)24(9-11-25(26,27)12-10-24)40-30-17(18(34)39-31-15(32)7-8-16(31)33)14-13-41-20(28-14)29-21(36)38-23(4,5)6/h13H,7-12H2,1-6H3,(H,28,29,36)/b30-17-. The van der Waals surface area contributed by atoms with Crippen LogP contribution in [0.2, 0.25) is 0 Å². The molecule has 1 aliphatic carbocycles. The predicted molar refractivity (Wildman–Crippen MR) is 139 cm³/mol. The highest BCUT2D eigenvalue weighted by molar-refractivity contribution is 7.14. The summed E-state index contributed by atoms with van der Waals surface area (Å²) in [6, 6.07) is 0. The molecule has 3 amide bonds. The van der Waals surface area contributed by atoms with E-state index >= 15 is 0 Å². The van der Waals surface area contributed by atoms with Gasteiger partial charge in [0.15, 0.2) is 5.13 Å². The van der Waals surface area contributed by atoms with E-state index in [2.05, 4.69) is 15.5 Å². The fraction of sp³-hybridized carbons (Fsp3) is 0.640. The van der Waals surface area contributed by atoms with Gasteiger partial charge in [-0.25, -0.2) is 28.1 Å². The molecule has 2 fully saturated rings. The number of rotatable bonds is 7. The topological polar surface area (TPSA) is 163 Å². The molecule has 0 atom stereocenters. The Hall–Kier alpha value is -3.69. The van der Waals surface area contributed by atoms with Gasteiger partial charge < -0.3 is 19.1 Å². The smallest absolute Gasteiger partial charge is 0.413 e. The number of thiazole rings is 1. The molecule has 1 aliphatic heterocycles. The number of oxime groups is 1. The van der Waals surface area contributed by atoms with Gasteiger partial charge in [-0.3, -0.25) is 14.9 Å². The van der Waals surface area contributed by atoms with Crippen molar-refractivity contribution in [1.82, 2.24) is 10.0 Å². The third-order valence-corrected chi connectivity index (χ3v) is 6.36. The highest BCUT2D eigenvalue weighted by atomic mass is 32.1. The minimum atomic E-state index is -3.05. The number of carbonyl (C=O) groups is 5. The van der Waals surface area contributed by atoms with Crippen molar-refractivity contribution < 1.29 is 51.9 Å². The van der Waals surface area contributed by atoms with Crippen molar-refractivity contribution in [2.75, 3.05) is 5.32 Å². The predicted octanol–water partition coefficient (Wildman–Crippen LogP) is 4.11. The molecule has 1 N–H and O–H groups in total. The Balaban J connectivity index is 1.95. The number of ether oxygens (including phenoxy) is 2. The van der Waals surface area contributed by atoms with Crippen molar-refractivity contribution in [3.8, 4) is 0 Å². The lowest BCUT2D eigenvalue weighted by atomic mass is 9.82. The summed E-state index contributed by atoms with van der Waals surface area (Å²) in [5.41, 5.74) is -4.72. The number of alkyl halides is 2. The van der Waals surface area contributed by atoms with Gasteiger partial charge in [-0.1, -0.05) is 5.16 Å². The van der Waals surface area contributed by atoms with Gasteiger partial charge in [-0.05, 0) is 41.5 Å². The normalized spacial score (nSPS) is 19.0. The lowest BCUT2D eigenvalue weighted by Crippen LogP contribution is -2.49. The summed E-state index contributed by atoms with van der Waals surface area (Å²) in [6.07, 6.45) is -3.57. The summed E-state index contributed by atoms with van der Waals surface area (Å²) < 4.78 is 38.6. The van der Waals surface area contributed by atoms with Crippen LogP contribution in [0.25, 0.3) is 0 Å². The van der Waals surface area contributed by atoms with Crippen LogP contribution in [0.15, 0.2) is 10.5 Å². The Bertz CT molecular complexity index is 1220. The molecule has 0 spiro atoms. The molecule has 41 heavy (non-hydrogen) atoms. The van der Waals surface area contributed by atoms with E-state index in [-0.39, 0.29) is 28.7 Å². The number of anilines is 1. The highest BCUT2D eigenvalue weighted by Crippen LogP contribution is 2.42. The summed E-state index contributed by atoms with van der Waals surface area (Å²) in [7, 11) is 0. The minimum absolute atomic E-state index is 0.0257. The zero-order valence-corrected chi connectivity index (χ0v) is 24.3. The van der Waals surface area contributed by atoms with Crippen LogP contribution in [0.3, 0.4) is 0 Å². The van der Waals surface area contributed by atoms with Crippen LogP contribution in [0.4, 0.5) is 18.7 Å². The Kier molecular flexibility index (Phi) is 9.05. The highest BCUT2D eigenvalue weighted by Gasteiger charge is 2.52. The molecule has 1 saturated heterocycles. The zero-order chi connectivity index (χ0) is 30.8. The van der Waals surface area contributed by atoms with Crippen molar-refractivity contribution in [1.29, 1.82) is 0 Å². The summed E-state index contributed by atoms with van der Waals surface area (Å²) in [6.45, 7) is 9.71. The van der Waals surface area contributed by atoms with Gasteiger partial charge in [0.25, 0.3) is 11.8 Å². The van der Waals surface area contributed by atoms with Crippen molar-refractivity contribution in [3.05, 3.63) is 11.1 Å². The van der Waals surface area contributed by atoms with Crippen LogP contribution in [-0.2, 0) is 38.3 Å². The van der Waals surface area contributed by atoms with Gasteiger partial charge in [0.1, 0.15) is 16.9 Å². The second-order valence-corrected chi connectivity index (χ2v) is 12.4. The third-order valence-electron chi connectivity index (χ3n) is 5.60. The number of esters is 1. The number of hydrogen-bond acceptors (Lipinski definition) is 12. The van der Waals surface area contributed by atoms with Crippen LogP contribution in [0.1, 0.15) is 85.8 Å². The number of aromatic nitrogens is 1. The molecule has 2 aliphatic rings. The van der Waals surface area contributed by atoms with Gasteiger partial charge in [-0.2, -0.15) is 0 Å². The molecule has 2 heterocycles. The van der Waals surface area contributed by atoms with E-state index in [9.17, 15) is 32.8 Å². The molecular formula is C25H32F2N4O9S. The maximum Gasteiger partial charge on any atom is 0.413 e. The molecule has 3 rings (SSSR count). The molecule has 0 bridgehead atoms. The monoisotopic (exact) mass is 602 g/mol. The minimum Gasteiger partial charge on any atom is -0.457 e. The number of imide groups is 1. The van der Waals surface area contributed by atoms with E-state index < -0.39 is 84.0 Å². The molecule has 1 saturated carbocycles. The summed E-state index contributed by atoms with van der Waals surface area (Å²) in [5, 5.41) is 7.69. The molecule has 13 nitrogen and oxygen atoms in total. The second-order valence-electron chi connectivity index (χ2n) is 11.5. The molecular weight excluding hydrogens is 570 g/mol. The van der Waals surface area contributed by atoms with E-state index in [0.717, 1.165) is 11.3 Å². The van der Waals surface area contributed by atoms with Crippen LogP contribution >= 0.6 is 11.3 Å². The molecule has 0 radical (unpaired) electrons. The Morgan fingerprint density at radius 2 is 1.54 bits per heavy atom. The first kappa shape index (κ1) is 31.8. The van der Waals surface area contributed by atoms with Crippen molar-refractivity contribution in [3.63, 3.8) is 0 Å². The van der Waals surface area contributed by atoms with Gasteiger partial charge in [0.05, 0.1) is 0 Å². The van der Waals surface area contributed by atoms with Gasteiger partial charge in [-0.15, -0.1) is 16.4 Å². The number of carbonyl (C=O) groups excluding carboxylic acids is 5. The quantitative estimate of drug-likeness (QED) is 0.208. The SMILES string of the molecule is CC(C)(C)OC(=O)Nc1nc(/C(=N/OC2(C(=O)OC(C)(C)C)CCC(F)(F)CC2)C(=O)ON2C(=O)CCC2=O)cs1. The van der Waals surface area contributed by atoms with E-state index in [4.69, 9.17) is 19.1 Å². The van der Waals surface area contributed by atoms with Crippen molar-refractivity contribution >= 4 is 52.0 Å². The summed E-state index contributed by atoms with van der Waals surface area (Å²) >= 11 is 0.862. The molecule has 1 aromatic rings. The summed E-state index contributed by atoms with van der Waals surface area (Å²) in [5.74, 6) is -6.91. The Labute approximate surface area is 238 Å². The van der Waals surface area contributed by atoms with Gasteiger partial charge in [0.2, 0.25) is 17.2 Å². The Morgan fingerprint density at radius 1 is 0.976 bits per heavy atom. The van der Waals surface area contributed by atoms with Crippen LogP contribution in [-0.4, -0.2) is 68.3 Å². The van der Waals surface area contributed by atoms with Crippen LogP contribution in [0.5, 0.6) is 0 Å². The first-order valence-electron chi connectivity index (χ1n) is 12.7.